The van der Waals surface area contributed by atoms with Crippen LogP contribution in [0.15, 0.2) is 60.7 Å². The van der Waals surface area contributed by atoms with Crippen molar-refractivity contribution in [1.82, 2.24) is 9.78 Å². The average molecular weight is 335 g/mol. The number of aromatic nitrogens is 2. The highest BCUT2D eigenvalue weighted by molar-refractivity contribution is 5.91. The van der Waals surface area contributed by atoms with E-state index < -0.39 is 0 Å². The van der Waals surface area contributed by atoms with Crippen molar-refractivity contribution in [3.8, 4) is 5.75 Å². The molecule has 1 amide bonds. The summed E-state index contributed by atoms with van der Waals surface area (Å²) in [6.07, 6.45) is 0. The Labute approximate surface area is 147 Å². The molecule has 0 spiro atoms. The zero-order valence-electron chi connectivity index (χ0n) is 14.4. The first-order valence-electron chi connectivity index (χ1n) is 8.18. The molecule has 128 valence electrons. The van der Waals surface area contributed by atoms with E-state index in [1.165, 1.54) is 0 Å². The van der Waals surface area contributed by atoms with E-state index >= 15 is 0 Å². The van der Waals surface area contributed by atoms with E-state index in [1.54, 1.807) is 0 Å². The van der Waals surface area contributed by atoms with Crippen LogP contribution in [-0.2, 0) is 11.3 Å². The van der Waals surface area contributed by atoms with Gasteiger partial charge < -0.3 is 10.1 Å². The molecule has 0 atom stereocenters. The summed E-state index contributed by atoms with van der Waals surface area (Å²) in [5.41, 5.74) is 3.15. The monoisotopic (exact) mass is 335 g/mol. The molecular weight excluding hydrogens is 314 g/mol. The molecule has 0 aliphatic heterocycles. The first-order chi connectivity index (χ1) is 12.1. The van der Waals surface area contributed by atoms with Gasteiger partial charge >= 0.3 is 0 Å². The molecule has 1 aromatic heterocycles. The molecule has 0 radical (unpaired) electrons. The van der Waals surface area contributed by atoms with Crippen LogP contribution >= 0.6 is 0 Å². The van der Waals surface area contributed by atoms with Crippen molar-refractivity contribution >= 4 is 11.7 Å². The summed E-state index contributed by atoms with van der Waals surface area (Å²) in [7, 11) is 0. The van der Waals surface area contributed by atoms with Crippen molar-refractivity contribution in [1.29, 1.82) is 0 Å². The van der Waals surface area contributed by atoms with Crippen LogP contribution < -0.4 is 10.1 Å². The van der Waals surface area contributed by atoms with Crippen molar-refractivity contribution in [2.75, 3.05) is 11.9 Å². The molecule has 0 unspecified atom stereocenters. The number of aryl methyl sites for hydroxylation is 2. The number of amides is 1. The SMILES string of the molecule is Cc1ccccc1OCC(=O)Nc1cc(C)n(Cc2ccccc2)n1. The van der Waals surface area contributed by atoms with Gasteiger partial charge in [-0.2, -0.15) is 5.10 Å². The molecule has 0 aliphatic rings. The molecule has 0 saturated heterocycles. The Bertz CT molecular complexity index is 856. The molecule has 0 saturated carbocycles. The number of para-hydroxylation sites is 1. The van der Waals surface area contributed by atoms with Gasteiger partial charge in [0.25, 0.3) is 5.91 Å². The maximum absolute atomic E-state index is 12.1. The van der Waals surface area contributed by atoms with Gasteiger partial charge in [-0.05, 0) is 31.0 Å². The summed E-state index contributed by atoms with van der Waals surface area (Å²) < 4.78 is 7.43. The van der Waals surface area contributed by atoms with Gasteiger partial charge in [0.1, 0.15) is 5.75 Å². The van der Waals surface area contributed by atoms with Crippen LogP contribution in [0, 0.1) is 13.8 Å². The molecule has 25 heavy (non-hydrogen) atoms. The Hall–Kier alpha value is -3.08. The second-order valence-electron chi connectivity index (χ2n) is 5.92. The van der Waals surface area contributed by atoms with Crippen LogP contribution in [-0.4, -0.2) is 22.3 Å². The molecule has 1 N–H and O–H groups in total. The minimum atomic E-state index is -0.229. The fraction of sp³-hybridized carbons (Fsp3) is 0.200. The van der Waals surface area contributed by atoms with Crippen LogP contribution in [0.1, 0.15) is 16.8 Å². The number of rotatable bonds is 6. The zero-order chi connectivity index (χ0) is 17.6. The highest BCUT2D eigenvalue weighted by Gasteiger charge is 2.09. The predicted octanol–water partition coefficient (Wildman–Crippen LogP) is 3.57. The molecule has 3 rings (SSSR count). The topological polar surface area (TPSA) is 56.1 Å². The largest absolute Gasteiger partial charge is 0.483 e. The summed E-state index contributed by atoms with van der Waals surface area (Å²) in [4.78, 5) is 12.1. The van der Waals surface area contributed by atoms with Crippen molar-refractivity contribution < 1.29 is 9.53 Å². The summed E-state index contributed by atoms with van der Waals surface area (Å²) in [6, 6.07) is 19.6. The molecule has 0 fully saturated rings. The Kier molecular flexibility index (Phi) is 5.14. The van der Waals surface area contributed by atoms with E-state index in [0.29, 0.717) is 18.1 Å². The third-order valence-corrected chi connectivity index (χ3v) is 3.88. The fourth-order valence-electron chi connectivity index (χ4n) is 2.53. The lowest BCUT2D eigenvalue weighted by molar-refractivity contribution is -0.118. The Morgan fingerprint density at radius 3 is 2.56 bits per heavy atom. The number of hydrogen-bond acceptors (Lipinski definition) is 3. The summed E-state index contributed by atoms with van der Waals surface area (Å²) in [6.45, 7) is 4.54. The number of nitrogens with zero attached hydrogens (tertiary/aromatic N) is 2. The highest BCUT2D eigenvalue weighted by atomic mass is 16.5. The van der Waals surface area contributed by atoms with Crippen LogP contribution in [0.4, 0.5) is 5.82 Å². The zero-order valence-corrected chi connectivity index (χ0v) is 14.4. The Morgan fingerprint density at radius 1 is 1.08 bits per heavy atom. The van der Waals surface area contributed by atoms with E-state index in [2.05, 4.69) is 22.5 Å². The number of carbonyl (C=O) groups excluding carboxylic acids is 1. The number of anilines is 1. The highest BCUT2D eigenvalue weighted by Crippen LogP contribution is 2.16. The second kappa shape index (κ2) is 7.66. The average Bonchev–Trinajstić information content (AvgIpc) is 2.94. The fourth-order valence-corrected chi connectivity index (χ4v) is 2.53. The lowest BCUT2D eigenvalue weighted by Gasteiger charge is -2.08. The van der Waals surface area contributed by atoms with Crippen molar-refractivity contribution in [3.05, 3.63) is 77.5 Å². The van der Waals surface area contributed by atoms with Gasteiger partial charge in [-0.3, -0.25) is 9.48 Å². The van der Waals surface area contributed by atoms with Gasteiger partial charge in [0.15, 0.2) is 12.4 Å². The standard InChI is InChI=1S/C20H21N3O2/c1-15-8-6-7-11-18(15)25-14-20(24)21-19-12-16(2)23(22-19)13-17-9-4-3-5-10-17/h3-12H,13-14H2,1-2H3,(H,21,22,24). The molecule has 0 bridgehead atoms. The van der Waals surface area contributed by atoms with Crippen molar-refractivity contribution in [2.45, 2.75) is 20.4 Å². The van der Waals surface area contributed by atoms with Crippen LogP contribution in [0.2, 0.25) is 0 Å². The van der Waals surface area contributed by atoms with Gasteiger partial charge in [0.2, 0.25) is 0 Å². The number of benzene rings is 2. The third-order valence-electron chi connectivity index (χ3n) is 3.88. The smallest absolute Gasteiger partial charge is 0.263 e. The molecule has 5 nitrogen and oxygen atoms in total. The van der Waals surface area contributed by atoms with Gasteiger partial charge in [-0.15, -0.1) is 0 Å². The maximum atomic E-state index is 12.1. The van der Waals surface area contributed by atoms with E-state index in [9.17, 15) is 4.79 Å². The van der Waals surface area contributed by atoms with Gasteiger partial charge in [-0.25, -0.2) is 0 Å². The number of carbonyl (C=O) groups is 1. The third kappa shape index (κ3) is 4.47. The molecule has 0 aliphatic carbocycles. The molecule has 2 aromatic carbocycles. The molecular formula is C20H21N3O2. The quantitative estimate of drug-likeness (QED) is 0.749. The number of ether oxygens (including phenoxy) is 1. The van der Waals surface area contributed by atoms with E-state index in [0.717, 1.165) is 16.8 Å². The minimum absolute atomic E-state index is 0.0462. The van der Waals surface area contributed by atoms with Gasteiger partial charge in [-0.1, -0.05) is 48.5 Å². The summed E-state index contributed by atoms with van der Waals surface area (Å²) in [5.74, 6) is 1.02. The molecule has 3 aromatic rings. The summed E-state index contributed by atoms with van der Waals surface area (Å²) in [5, 5.41) is 7.23. The lowest BCUT2D eigenvalue weighted by Crippen LogP contribution is -2.20. The Balaban J connectivity index is 1.58. The number of hydrogen-bond donors (Lipinski definition) is 1. The Morgan fingerprint density at radius 2 is 1.80 bits per heavy atom. The van der Waals surface area contributed by atoms with Crippen LogP contribution in [0.3, 0.4) is 0 Å². The predicted molar refractivity (Wildman–Crippen MR) is 97.8 cm³/mol. The lowest BCUT2D eigenvalue weighted by atomic mass is 10.2. The van der Waals surface area contributed by atoms with E-state index in [1.807, 2.05) is 67.1 Å². The van der Waals surface area contributed by atoms with Gasteiger partial charge in [0.05, 0.1) is 6.54 Å². The van der Waals surface area contributed by atoms with Crippen LogP contribution in [0.5, 0.6) is 5.75 Å². The van der Waals surface area contributed by atoms with Crippen LogP contribution in [0.25, 0.3) is 0 Å². The molecule has 1 heterocycles. The maximum Gasteiger partial charge on any atom is 0.263 e. The van der Waals surface area contributed by atoms with E-state index in [-0.39, 0.29) is 12.5 Å². The number of nitrogens with one attached hydrogen (secondary N) is 1. The second-order valence-corrected chi connectivity index (χ2v) is 5.92. The normalized spacial score (nSPS) is 10.5. The van der Waals surface area contributed by atoms with E-state index in [4.69, 9.17) is 4.74 Å². The summed E-state index contributed by atoms with van der Waals surface area (Å²) >= 11 is 0. The van der Waals surface area contributed by atoms with Crippen molar-refractivity contribution in [3.63, 3.8) is 0 Å². The van der Waals surface area contributed by atoms with Crippen molar-refractivity contribution in [2.24, 2.45) is 0 Å². The first-order valence-corrected chi connectivity index (χ1v) is 8.18. The molecule has 5 heteroatoms. The first kappa shape index (κ1) is 16.8. The van der Waals surface area contributed by atoms with Gasteiger partial charge in [0, 0.05) is 11.8 Å². The minimum Gasteiger partial charge on any atom is -0.483 e.